The van der Waals surface area contributed by atoms with Crippen LogP contribution in [0.2, 0.25) is 0 Å². The molecule has 0 unspecified atom stereocenters. The highest BCUT2D eigenvalue weighted by molar-refractivity contribution is 7.72. The van der Waals surface area contributed by atoms with Crippen LogP contribution in [0.3, 0.4) is 0 Å². The first kappa shape index (κ1) is 16.5. The lowest BCUT2D eigenvalue weighted by atomic mass is 10.2. The molecule has 0 aliphatic carbocycles. The Hall–Kier alpha value is -0.600. The maximum Gasteiger partial charge on any atom is 0.369 e. The molecular formula is C7H15N3O7P2. The molecule has 0 atom stereocenters. The highest BCUT2D eigenvalue weighted by Gasteiger charge is 2.58. The molecule has 0 saturated carbocycles. The number of aliphatic hydroxyl groups is 1. The Balaban J connectivity index is 2.61. The quantitative estimate of drug-likeness (QED) is 0.327. The molecule has 0 radical (unpaired) electrons. The summed E-state index contributed by atoms with van der Waals surface area (Å²) in [5, 5.41) is 13.8. The average Bonchev–Trinajstić information content (AvgIpc) is 2.73. The first-order chi connectivity index (χ1) is 8.58. The van der Waals surface area contributed by atoms with Crippen molar-refractivity contribution in [3.8, 4) is 0 Å². The van der Waals surface area contributed by atoms with Crippen LogP contribution in [-0.4, -0.2) is 44.8 Å². The fraction of sp³-hybridized carbons (Fsp3) is 0.714. The molecule has 0 aromatic carbocycles. The molecule has 1 aromatic heterocycles. The highest BCUT2D eigenvalue weighted by atomic mass is 31.2. The van der Waals surface area contributed by atoms with Crippen LogP contribution in [0, 0.1) is 0 Å². The number of hydrogen-bond donors (Lipinski definition) is 5. The largest absolute Gasteiger partial charge is 0.369 e. The van der Waals surface area contributed by atoms with Crippen LogP contribution in [-0.2, 0) is 15.7 Å². The molecule has 0 fully saturated rings. The monoisotopic (exact) mass is 315 g/mol. The summed E-state index contributed by atoms with van der Waals surface area (Å²) >= 11 is 0. The minimum atomic E-state index is -5.36. The lowest BCUT2D eigenvalue weighted by molar-refractivity contribution is 0.120. The summed E-state index contributed by atoms with van der Waals surface area (Å²) in [5.41, 5.74) is 0. The van der Waals surface area contributed by atoms with Gasteiger partial charge in [0, 0.05) is 0 Å². The molecule has 10 nitrogen and oxygen atoms in total. The molecule has 12 heteroatoms. The number of nitrogens with zero attached hydrogens (tertiary/aromatic N) is 3. The van der Waals surface area contributed by atoms with E-state index in [-0.39, 0.29) is 6.42 Å². The van der Waals surface area contributed by atoms with Crippen molar-refractivity contribution in [3.05, 3.63) is 12.4 Å². The Kier molecular flexibility index (Phi) is 5.02. The number of unbranched alkanes of at least 4 members (excludes halogenated alkanes) is 1. The van der Waals surface area contributed by atoms with E-state index in [1.165, 1.54) is 17.2 Å². The Morgan fingerprint density at radius 2 is 1.47 bits per heavy atom. The van der Waals surface area contributed by atoms with E-state index in [9.17, 15) is 14.2 Å². The second-order valence-corrected chi connectivity index (χ2v) is 7.95. The molecule has 19 heavy (non-hydrogen) atoms. The van der Waals surface area contributed by atoms with E-state index in [0.717, 1.165) is 0 Å². The molecule has 0 aliphatic heterocycles. The third-order valence-electron chi connectivity index (χ3n) is 2.52. The summed E-state index contributed by atoms with van der Waals surface area (Å²) in [4.78, 5) is 36.9. The molecule has 1 aromatic rings. The van der Waals surface area contributed by atoms with E-state index >= 15 is 0 Å². The molecule has 1 rings (SSSR count). The second kappa shape index (κ2) is 5.80. The van der Waals surface area contributed by atoms with Crippen LogP contribution in [0.15, 0.2) is 12.4 Å². The number of rotatable bonds is 7. The first-order valence-electron chi connectivity index (χ1n) is 5.26. The Morgan fingerprint density at radius 1 is 1.00 bits per heavy atom. The van der Waals surface area contributed by atoms with Crippen LogP contribution in [0.1, 0.15) is 19.3 Å². The van der Waals surface area contributed by atoms with Gasteiger partial charge in [0.15, 0.2) is 0 Å². The second-order valence-electron chi connectivity index (χ2n) is 3.94. The van der Waals surface area contributed by atoms with Gasteiger partial charge >= 0.3 is 15.2 Å². The highest BCUT2D eigenvalue weighted by Crippen LogP contribution is 2.69. The fourth-order valence-corrected chi connectivity index (χ4v) is 3.69. The van der Waals surface area contributed by atoms with Crippen LogP contribution >= 0.6 is 15.2 Å². The van der Waals surface area contributed by atoms with Crippen LogP contribution in [0.5, 0.6) is 0 Å². The smallest absolute Gasteiger partial charge is 0.368 e. The van der Waals surface area contributed by atoms with Gasteiger partial charge in [-0.2, -0.15) is 15.0 Å². The zero-order valence-corrected chi connectivity index (χ0v) is 11.6. The predicted molar refractivity (Wildman–Crippen MR) is 62.9 cm³/mol. The number of aromatic nitrogens is 3. The van der Waals surface area contributed by atoms with Crippen molar-refractivity contribution in [1.29, 1.82) is 0 Å². The normalized spacial score (nSPS) is 13.7. The van der Waals surface area contributed by atoms with Gasteiger partial charge in [-0.3, -0.25) is 9.13 Å². The van der Waals surface area contributed by atoms with E-state index in [0.29, 0.717) is 13.0 Å². The van der Waals surface area contributed by atoms with Gasteiger partial charge in [-0.25, -0.2) is 0 Å². The van der Waals surface area contributed by atoms with E-state index in [1.54, 1.807) is 0 Å². The molecule has 1 heterocycles. The van der Waals surface area contributed by atoms with Crippen LogP contribution in [0.25, 0.3) is 0 Å². The molecule has 0 spiro atoms. The zero-order chi connectivity index (χ0) is 14.7. The number of hydrogen-bond acceptors (Lipinski definition) is 5. The van der Waals surface area contributed by atoms with Crippen molar-refractivity contribution in [2.24, 2.45) is 0 Å². The molecule has 0 amide bonds. The molecule has 110 valence electrons. The van der Waals surface area contributed by atoms with Crippen molar-refractivity contribution >= 4 is 15.2 Å². The van der Waals surface area contributed by atoms with Gasteiger partial charge in [0.25, 0.3) is 5.08 Å². The summed E-state index contributed by atoms with van der Waals surface area (Å²) in [5.74, 6) is 0. The summed E-state index contributed by atoms with van der Waals surface area (Å²) in [6.07, 6.45) is 2.47. The van der Waals surface area contributed by atoms with Gasteiger partial charge in [0.1, 0.15) is 0 Å². The van der Waals surface area contributed by atoms with E-state index in [2.05, 4.69) is 10.2 Å². The summed E-state index contributed by atoms with van der Waals surface area (Å²) in [6, 6.07) is 0. The Bertz CT molecular complexity index is 471. The molecule has 0 aliphatic rings. The van der Waals surface area contributed by atoms with Gasteiger partial charge in [0.05, 0.1) is 18.9 Å². The minimum Gasteiger partial charge on any atom is -0.368 e. The van der Waals surface area contributed by atoms with Crippen LogP contribution in [0.4, 0.5) is 0 Å². The van der Waals surface area contributed by atoms with Crippen molar-refractivity contribution in [1.82, 2.24) is 15.0 Å². The summed E-state index contributed by atoms with van der Waals surface area (Å²) < 4.78 is 22.1. The molecule has 0 bridgehead atoms. The fourth-order valence-electron chi connectivity index (χ4n) is 1.44. The van der Waals surface area contributed by atoms with Crippen molar-refractivity contribution in [2.75, 3.05) is 0 Å². The van der Waals surface area contributed by atoms with Crippen molar-refractivity contribution < 1.29 is 33.8 Å². The van der Waals surface area contributed by atoms with Gasteiger partial charge in [-0.15, -0.1) is 0 Å². The third-order valence-corrected chi connectivity index (χ3v) is 6.40. The summed E-state index contributed by atoms with van der Waals surface area (Å²) in [7, 11) is -10.7. The predicted octanol–water partition coefficient (Wildman–Crippen LogP) is -0.550. The van der Waals surface area contributed by atoms with E-state index in [1.807, 2.05) is 0 Å². The van der Waals surface area contributed by atoms with Gasteiger partial charge in [-0.05, 0) is 19.3 Å². The average molecular weight is 315 g/mol. The lowest BCUT2D eigenvalue weighted by Gasteiger charge is -2.29. The molecule has 0 saturated heterocycles. The maximum absolute atomic E-state index is 11.0. The summed E-state index contributed by atoms with van der Waals surface area (Å²) in [6.45, 7) is 0.311. The maximum atomic E-state index is 11.0. The molecular weight excluding hydrogens is 300 g/mol. The van der Waals surface area contributed by atoms with Crippen molar-refractivity contribution in [2.45, 2.75) is 30.9 Å². The van der Waals surface area contributed by atoms with Crippen LogP contribution < -0.4 is 0 Å². The van der Waals surface area contributed by atoms with Gasteiger partial charge < -0.3 is 24.7 Å². The SMILES string of the molecule is O=P(O)(O)C(O)(CCCCn1nccn1)P(=O)(O)O. The topological polar surface area (TPSA) is 166 Å². The Labute approximate surface area is 108 Å². The first-order valence-corrected chi connectivity index (χ1v) is 8.48. The zero-order valence-electron chi connectivity index (χ0n) is 9.77. The number of aryl methyl sites for hydroxylation is 1. The van der Waals surface area contributed by atoms with Gasteiger partial charge in [0.2, 0.25) is 0 Å². The standard InChI is InChI=1S/C7H15N3O7P2/c11-7(18(12,13)14,19(15,16)17)3-1-2-6-10-8-4-5-9-10/h4-5,11H,1-3,6H2,(H2,12,13,14)(H2,15,16,17). The van der Waals surface area contributed by atoms with E-state index in [4.69, 9.17) is 19.6 Å². The Morgan fingerprint density at radius 3 is 1.89 bits per heavy atom. The third kappa shape index (κ3) is 3.93. The minimum absolute atomic E-state index is 0.00569. The van der Waals surface area contributed by atoms with Gasteiger partial charge in [-0.1, -0.05) is 0 Å². The lowest BCUT2D eigenvalue weighted by Crippen LogP contribution is -2.28. The van der Waals surface area contributed by atoms with Crippen molar-refractivity contribution in [3.63, 3.8) is 0 Å². The molecule has 5 N–H and O–H groups in total. The van der Waals surface area contributed by atoms with E-state index < -0.39 is 26.7 Å².